The van der Waals surface area contributed by atoms with Crippen LogP contribution >= 0.6 is 0 Å². The average molecular weight is 349 g/mol. The molecule has 2 aromatic rings. The first-order valence-corrected chi connectivity index (χ1v) is 7.65. The Morgan fingerprint density at radius 2 is 1.96 bits per heavy atom. The monoisotopic (exact) mass is 349 g/mol. The van der Waals surface area contributed by atoms with E-state index < -0.39 is 30.8 Å². The molecule has 1 aliphatic rings. The molecule has 1 amide bonds. The minimum absolute atomic E-state index is 0.341. The number of anilines is 1. The van der Waals surface area contributed by atoms with Crippen molar-refractivity contribution in [2.45, 2.75) is 18.4 Å². The number of methoxy groups -OCH3 is 1. The van der Waals surface area contributed by atoms with E-state index in [1.807, 2.05) is 0 Å². The van der Waals surface area contributed by atoms with Gasteiger partial charge >= 0.3 is 0 Å². The summed E-state index contributed by atoms with van der Waals surface area (Å²) in [6, 6.07) is 9.26. The van der Waals surface area contributed by atoms with Crippen molar-refractivity contribution in [3.05, 3.63) is 42.6 Å². The van der Waals surface area contributed by atoms with Crippen molar-refractivity contribution in [1.82, 2.24) is 10.3 Å². The predicted octanol–water partition coefficient (Wildman–Crippen LogP) is 2.82. The first-order valence-electron chi connectivity index (χ1n) is 7.65. The summed E-state index contributed by atoms with van der Waals surface area (Å²) in [5.41, 5.74) is 0.407. The molecule has 1 aromatic heterocycles. The Kier molecular flexibility index (Phi) is 4.80. The average Bonchev–Trinajstić information content (AvgIpc) is 2.97. The lowest BCUT2D eigenvalue weighted by molar-refractivity contribution is -0.118. The molecule has 2 N–H and O–H groups in total. The lowest BCUT2D eigenvalue weighted by atomic mass is 10.2. The number of nitrogens with one attached hydrogen (secondary N) is 2. The maximum Gasteiger partial charge on any atom is 0.262 e. The SMILES string of the molecule is COc1ccc(Oc2ccc(NC(=O)C3CC(F)(F)CN3)cn2)cc1. The molecule has 0 radical (unpaired) electrons. The molecular formula is C17H17F2N3O3. The fourth-order valence-corrected chi connectivity index (χ4v) is 2.41. The number of alkyl halides is 2. The fraction of sp³-hybridized carbons (Fsp3) is 0.294. The Morgan fingerprint density at radius 1 is 1.24 bits per heavy atom. The number of ether oxygens (including phenoxy) is 2. The van der Waals surface area contributed by atoms with Crippen LogP contribution in [0.15, 0.2) is 42.6 Å². The molecule has 3 rings (SSSR count). The Morgan fingerprint density at radius 3 is 2.52 bits per heavy atom. The van der Waals surface area contributed by atoms with Gasteiger partial charge in [-0.1, -0.05) is 0 Å². The van der Waals surface area contributed by atoms with Crippen LogP contribution < -0.4 is 20.1 Å². The molecule has 1 saturated heterocycles. The fourth-order valence-electron chi connectivity index (χ4n) is 2.41. The number of pyridine rings is 1. The second-order valence-corrected chi connectivity index (χ2v) is 5.65. The standard InChI is InChI=1S/C17H17F2N3O3/c1-24-12-3-5-13(6-4-12)25-15-7-2-11(9-20-15)22-16(23)14-8-17(18,19)10-21-14/h2-7,9,14,21H,8,10H2,1H3,(H,22,23). The predicted molar refractivity (Wildman–Crippen MR) is 87.3 cm³/mol. The second-order valence-electron chi connectivity index (χ2n) is 5.65. The third-order valence-electron chi connectivity index (χ3n) is 3.71. The van der Waals surface area contributed by atoms with Crippen LogP contribution in [0.3, 0.4) is 0 Å². The number of hydrogen-bond donors (Lipinski definition) is 2. The summed E-state index contributed by atoms with van der Waals surface area (Å²) in [6.45, 7) is -0.488. The van der Waals surface area contributed by atoms with E-state index in [0.29, 0.717) is 23.1 Å². The van der Waals surface area contributed by atoms with Gasteiger partial charge in [-0.2, -0.15) is 0 Å². The minimum atomic E-state index is -2.85. The molecule has 0 bridgehead atoms. The number of halogens is 2. The normalized spacial score (nSPS) is 18.6. The molecule has 1 atom stereocenters. The number of hydrogen-bond acceptors (Lipinski definition) is 5. The molecule has 25 heavy (non-hydrogen) atoms. The number of rotatable bonds is 5. The van der Waals surface area contributed by atoms with E-state index in [-0.39, 0.29) is 0 Å². The van der Waals surface area contributed by atoms with Crippen LogP contribution in [0.2, 0.25) is 0 Å². The summed E-state index contributed by atoms with van der Waals surface area (Å²) in [6.07, 6.45) is 0.898. The van der Waals surface area contributed by atoms with E-state index >= 15 is 0 Å². The molecule has 1 unspecified atom stereocenters. The Labute approximate surface area is 143 Å². The Bertz CT molecular complexity index is 736. The zero-order valence-electron chi connectivity index (χ0n) is 13.5. The van der Waals surface area contributed by atoms with Crippen molar-refractivity contribution in [3.8, 4) is 17.4 Å². The quantitative estimate of drug-likeness (QED) is 0.868. The van der Waals surface area contributed by atoms with Gasteiger partial charge in [-0.05, 0) is 30.3 Å². The molecule has 1 aromatic carbocycles. The molecule has 2 heterocycles. The van der Waals surface area contributed by atoms with E-state index in [1.165, 1.54) is 6.20 Å². The summed E-state index contributed by atoms with van der Waals surface area (Å²) in [5, 5.41) is 5.06. The Balaban J connectivity index is 1.57. The van der Waals surface area contributed by atoms with Gasteiger partial charge in [0.25, 0.3) is 5.92 Å². The van der Waals surface area contributed by atoms with Crippen molar-refractivity contribution in [3.63, 3.8) is 0 Å². The second kappa shape index (κ2) is 7.02. The van der Waals surface area contributed by atoms with E-state index in [2.05, 4.69) is 15.6 Å². The molecule has 0 saturated carbocycles. The van der Waals surface area contributed by atoms with Gasteiger partial charge in [-0.25, -0.2) is 13.8 Å². The maximum absolute atomic E-state index is 13.1. The molecule has 0 aliphatic carbocycles. The van der Waals surface area contributed by atoms with Gasteiger partial charge < -0.3 is 14.8 Å². The van der Waals surface area contributed by atoms with Gasteiger partial charge in [-0.15, -0.1) is 0 Å². The summed E-state index contributed by atoms with van der Waals surface area (Å²) in [4.78, 5) is 16.0. The van der Waals surface area contributed by atoms with Gasteiger partial charge in [-0.3, -0.25) is 10.1 Å². The highest BCUT2D eigenvalue weighted by Gasteiger charge is 2.42. The molecular weight excluding hydrogens is 332 g/mol. The van der Waals surface area contributed by atoms with Crippen LogP contribution in [-0.2, 0) is 4.79 Å². The largest absolute Gasteiger partial charge is 0.497 e. The molecule has 8 heteroatoms. The summed E-state index contributed by atoms with van der Waals surface area (Å²) >= 11 is 0. The van der Waals surface area contributed by atoms with E-state index in [9.17, 15) is 13.6 Å². The topological polar surface area (TPSA) is 72.5 Å². The number of benzene rings is 1. The van der Waals surface area contributed by atoms with E-state index in [4.69, 9.17) is 9.47 Å². The first kappa shape index (κ1) is 17.1. The van der Waals surface area contributed by atoms with Gasteiger partial charge in [0, 0.05) is 12.5 Å². The molecule has 132 valence electrons. The smallest absolute Gasteiger partial charge is 0.262 e. The lowest BCUT2D eigenvalue weighted by Gasteiger charge is -2.11. The third kappa shape index (κ3) is 4.42. The van der Waals surface area contributed by atoms with Gasteiger partial charge in [0.1, 0.15) is 11.5 Å². The lowest BCUT2D eigenvalue weighted by Crippen LogP contribution is -2.35. The highest BCUT2D eigenvalue weighted by molar-refractivity contribution is 5.95. The number of amides is 1. The number of nitrogens with zero attached hydrogens (tertiary/aromatic N) is 1. The number of carbonyl (C=O) groups excluding carboxylic acids is 1. The third-order valence-corrected chi connectivity index (χ3v) is 3.71. The Hall–Kier alpha value is -2.74. The van der Waals surface area contributed by atoms with Crippen LogP contribution in [0.1, 0.15) is 6.42 Å². The van der Waals surface area contributed by atoms with Gasteiger partial charge in [0.2, 0.25) is 11.8 Å². The number of carbonyl (C=O) groups is 1. The number of aromatic nitrogens is 1. The van der Waals surface area contributed by atoms with E-state index in [1.54, 1.807) is 43.5 Å². The van der Waals surface area contributed by atoms with E-state index in [0.717, 1.165) is 0 Å². The van der Waals surface area contributed by atoms with Crippen LogP contribution in [0, 0.1) is 0 Å². The minimum Gasteiger partial charge on any atom is -0.497 e. The van der Waals surface area contributed by atoms with Crippen molar-refractivity contribution >= 4 is 11.6 Å². The van der Waals surface area contributed by atoms with Gasteiger partial charge in [0.15, 0.2) is 0 Å². The molecule has 1 aliphatic heterocycles. The summed E-state index contributed by atoms with van der Waals surface area (Å²) in [7, 11) is 1.58. The maximum atomic E-state index is 13.1. The van der Waals surface area contributed by atoms with Crippen molar-refractivity contribution in [2.24, 2.45) is 0 Å². The molecule has 1 fully saturated rings. The molecule has 6 nitrogen and oxygen atoms in total. The van der Waals surface area contributed by atoms with Crippen LogP contribution in [0.4, 0.5) is 14.5 Å². The van der Waals surface area contributed by atoms with Crippen molar-refractivity contribution in [1.29, 1.82) is 0 Å². The highest BCUT2D eigenvalue weighted by Crippen LogP contribution is 2.26. The zero-order valence-corrected chi connectivity index (χ0v) is 13.5. The van der Waals surface area contributed by atoms with Crippen LogP contribution in [0.25, 0.3) is 0 Å². The van der Waals surface area contributed by atoms with Crippen LogP contribution in [-0.4, -0.2) is 36.5 Å². The van der Waals surface area contributed by atoms with Crippen molar-refractivity contribution < 1.29 is 23.0 Å². The molecule has 0 spiro atoms. The first-order chi connectivity index (χ1) is 11.9. The summed E-state index contributed by atoms with van der Waals surface area (Å²) in [5.74, 6) is -1.72. The van der Waals surface area contributed by atoms with Crippen molar-refractivity contribution in [2.75, 3.05) is 19.0 Å². The van der Waals surface area contributed by atoms with Crippen LogP contribution in [0.5, 0.6) is 17.4 Å². The zero-order chi connectivity index (χ0) is 17.9. The highest BCUT2D eigenvalue weighted by atomic mass is 19.3. The summed E-state index contributed by atoms with van der Waals surface area (Å²) < 4.78 is 36.9. The van der Waals surface area contributed by atoms with Gasteiger partial charge in [0.05, 0.1) is 31.6 Å².